The van der Waals surface area contributed by atoms with Gasteiger partial charge < -0.3 is 15.2 Å². The highest BCUT2D eigenvalue weighted by Crippen LogP contribution is 2.23. The SMILES string of the molecule is COc1ccccc1-n1cc(OCCCN)cn1. The summed E-state index contributed by atoms with van der Waals surface area (Å²) in [5.41, 5.74) is 6.29. The summed E-state index contributed by atoms with van der Waals surface area (Å²) in [6.07, 6.45) is 4.34. The van der Waals surface area contributed by atoms with Gasteiger partial charge in [0.15, 0.2) is 5.75 Å². The van der Waals surface area contributed by atoms with Crippen molar-refractivity contribution in [1.82, 2.24) is 9.78 Å². The van der Waals surface area contributed by atoms with E-state index in [9.17, 15) is 0 Å². The minimum Gasteiger partial charge on any atom is -0.494 e. The summed E-state index contributed by atoms with van der Waals surface area (Å²) in [5, 5.41) is 4.25. The van der Waals surface area contributed by atoms with Crippen molar-refractivity contribution < 1.29 is 9.47 Å². The molecule has 1 aromatic carbocycles. The zero-order valence-electron chi connectivity index (χ0n) is 10.4. The lowest BCUT2D eigenvalue weighted by atomic mass is 10.3. The highest BCUT2D eigenvalue weighted by molar-refractivity contribution is 5.46. The van der Waals surface area contributed by atoms with E-state index in [4.69, 9.17) is 15.2 Å². The summed E-state index contributed by atoms with van der Waals surface area (Å²) in [6.45, 7) is 1.23. The van der Waals surface area contributed by atoms with Crippen LogP contribution < -0.4 is 15.2 Å². The van der Waals surface area contributed by atoms with Gasteiger partial charge in [-0.15, -0.1) is 0 Å². The number of hydrogen-bond donors (Lipinski definition) is 1. The molecular weight excluding hydrogens is 230 g/mol. The molecule has 0 aliphatic heterocycles. The fourth-order valence-electron chi connectivity index (χ4n) is 1.60. The molecule has 0 saturated heterocycles. The summed E-state index contributed by atoms with van der Waals surface area (Å²) >= 11 is 0. The molecule has 18 heavy (non-hydrogen) atoms. The molecule has 5 nitrogen and oxygen atoms in total. The quantitative estimate of drug-likeness (QED) is 0.788. The summed E-state index contributed by atoms with van der Waals surface area (Å²) in [5.74, 6) is 1.50. The van der Waals surface area contributed by atoms with Gasteiger partial charge in [0, 0.05) is 0 Å². The van der Waals surface area contributed by atoms with E-state index in [0.29, 0.717) is 13.2 Å². The van der Waals surface area contributed by atoms with Gasteiger partial charge >= 0.3 is 0 Å². The number of aromatic nitrogens is 2. The highest BCUT2D eigenvalue weighted by atomic mass is 16.5. The molecule has 0 fully saturated rings. The number of hydrogen-bond acceptors (Lipinski definition) is 4. The van der Waals surface area contributed by atoms with Crippen LogP contribution >= 0.6 is 0 Å². The van der Waals surface area contributed by atoms with Crippen LogP contribution in [0.2, 0.25) is 0 Å². The lowest BCUT2D eigenvalue weighted by molar-refractivity contribution is 0.313. The van der Waals surface area contributed by atoms with Crippen LogP contribution in [0.3, 0.4) is 0 Å². The fourth-order valence-corrected chi connectivity index (χ4v) is 1.60. The molecule has 2 rings (SSSR count). The van der Waals surface area contributed by atoms with Gasteiger partial charge in [-0.25, -0.2) is 4.68 Å². The zero-order valence-corrected chi connectivity index (χ0v) is 10.4. The Morgan fingerprint density at radius 1 is 1.33 bits per heavy atom. The number of ether oxygens (including phenoxy) is 2. The molecule has 0 atom stereocenters. The second kappa shape index (κ2) is 6.07. The third kappa shape index (κ3) is 2.81. The molecule has 96 valence electrons. The Labute approximate surface area is 106 Å². The van der Waals surface area contributed by atoms with Crippen molar-refractivity contribution in [3.8, 4) is 17.2 Å². The van der Waals surface area contributed by atoms with Crippen LogP contribution in [0.4, 0.5) is 0 Å². The summed E-state index contributed by atoms with van der Waals surface area (Å²) in [6, 6.07) is 7.69. The topological polar surface area (TPSA) is 62.3 Å². The number of para-hydroxylation sites is 2. The van der Waals surface area contributed by atoms with Crippen molar-refractivity contribution in [3.05, 3.63) is 36.7 Å². The van der Waals surface area contributed by atoms with Crippen LogP contribution in [0.25, 0.3) is 5.69 Å². The van der Waals surface area contributed by atoms with Crippen molar-refractivity contribution in [2.75, 3.05) is 20.3 Å². The van der Waals surface area contributed by atoms with Gasteiger partial charge in [-0.1, -0.05) is 12.1 Å². The number of benzene rings is 1. The average molecular weight is 247 g/mol. The minimum atomic E-state index is 0.605. The molecule has 0 spiro atoms. The van der Waals surface area contributed by atoms with Crippen LogP contribution in [0.5, 0.6) is 11.5 Å². The molecule has 1 heterocycles. The smallest absolute Gasteiger partial charge is 0.157 e. The fraction of sp³-hybridized carbons (Fsp3) is 0.308. The third-order valence-electron chi connectivity index (χ3n) is 2.51. The Kier molecular flexibility index (Phi) is 4.20. The summed E-state index contributed by atoms with van der Waals surface area (Å²) in [7, 11) is 1.64. The van der Waals surface area contributed by atoms with Crippen LogP contribution in [0, 0.1) is 0 Å². The molecule has 0 radical (unpaired) electrons. The first-order valence-electron chi connectivity index (χ1n) is 5.86. The Morgan fingerprint density at radius 3 is 2.94 bits per heavy atom. The van der Waals surface area contributed by atoms with Crippen LogP contribution in [-0.4, -0.2) is 30.0 Å². The van der Waals surface area contributed by atoms with Gasteiger partial charge in [0.2, 0.25) is 0 Å². The number of methoxy groups -OCH3 is 1. The van der Waals surface area contributed by atoms with E-state index in [-0.39, 0.29) is 0 Å². The van der Waals surface area contributed by atoms with Crippen molar-refractivity contribution in [2.24, 2.45) is 5.73 Å². The maximum atomic E-state index is 5.52. The Balaban J connectivity index is 2.13. The van der Waals surface area contributed by atoms with E-state index in [1.165, 1.54) is 0 Å². The van der Waals surface area contributed by atoms with Crippen molar-refractivity contribution in [3.63, 3.8) is 0 Å². The van der Waals surface area contributed by atoms with Crippen molar-refractivity contribution in [2.45, 2.75) is 6.42 Å². The summed E-state index contributed by atoms with van der Waals surface area (Å²) in [4.78, 5) is 0. The number of rotatable bonds is 6. The standard InChI is InChI=1S/C13H17N3O2/c1-17-13-6-3-2-5-12(13)16-10-11(9-15-16)18-8-4-7-14/h2-3,5-6,9-10H,4,7-8,14H2,1H3. The van der Waals surface area contributed by atoms with E-state index in [0.717, 1.165) is 23.6 Å². The molecule has 0 amide bonds. The molecule has 1 aromatic heterocycles. The van der Waals surface area contributed by atoms with Crippen molar-refractivity contribution >= 4 is 0 Å². The Hall–Kier alpha value is -2.01. The number of nitrogens with zero attached hydrogens (tertiary/aromatic N) is 2. The van der Waals surface area contributed by atoms with Gasteiger partial charge in [0.1, 0.15) is 11.4 Å². The third-order valence-corrected chi connectivity index (χ3v) is 2.51. The monoisotopic (exact) mass is 247 g/mol. The van der Waals surface area contributed by atoms with Crippen molar-refractivity contribution in [1.29, 1.82) is 0 Å². The largest absolute Gasteiger partial charge is 0.494 e. The lowest BCUT2D eigenvalue weighted by Crippen LogP contribution is -2.05. The van der Waals surface area contributed by atoms with Gasteiger partial charge in [0.25, 0.3) is 0 Å². The van der Waals surface area contributed by atoms with E-state index in [1.54, 1.807) is 18.0 Å². The first kappa shape index (κ1) is 12.4. The average Bonchev–Trinajstić information content (AvgIpc) is 2.88. The van der Waals surface area contributed by atoms with E-state index in [2.05, 4.69) is 5.10 Å². The number of nitrogens with two attached hydrogens (primary N) is 1. The van der Waals surface area contributed by atoms with Gasteiger partial charge in [-0.3, -0.25) is 0 Å². The Morgan fingerprint density at radius 2 is 2.17 bits per heavy atom. The normalized spacial score (nSPS) is 10.3. The van der Waals surface area contributed by atoms with E-state index < -0.39 is 0 Å². The molecule has 0 aliphatic rings. The first-order valence-corrected chi connectivity index (χ1v) is 5.86. The lowest BCUT2D eigenvalue weighted by Gasteiger charge is -2.07. The van der Waals surface area contributed by atoms with Crippen LogP contribution in [0.15, 0.2) is 36.7 Å². The van der Waals surface area contributed by atoms with Crippen LogP contribution in [-0.2, 0) is 0 Å². The molecule has 0 bridgehead atoms. The van der Waals surface area contributed by atoms with Crippen LogP contribution in [0.1, 0.15) is 6.42 Å². The molecule has 2 aromatic rings. The maximum absolute atomic E-state index is 5.52. The Bertz CT molecular complexity index is 496. The van der Waals surface area contributed by atoms with E-state index >= 15 is 0 Å². The van der Waals surface area contributed by atoms with Gasteiger partial charge in [-0.2, -0.15) is 5.10 Å². The first-order chi connectivity index (χ1) is 8.85. The second-order valence-corrected chi connectivity index (χ2v) is 3.78. The molecule has 5 heteroatoms. The predicted molar refractivity (Wildman–Crippen MR) is 69.3 cm³/mol. The predicted octanol–water partition coefficient (Wildman–Crippen LogP) is 1.61. The minimum absolute atomic E-state index is 0.605. The second-order valence-electron chi connectivity index (χ2n) is 3.78. The molecule has 0 unspecified atom stereocenters. The zero-order chi connectivity index (χ0) is 12.8. The highest BCUT2D eigenvalue weighted by Gasteiger charge is 2.06. The van der Waals surface area contributed by atoms with E-state index in [1.807, 2.05) is 30.5 Å². The van der Waals surface area contributed by atoms with Gasteiger partial charge in [0.05, 0.1) is 26.1 Å². The van der Waals surface area contributed by atoms with Gasteiger partial charge in [-0.05, 0) is 25.1 Å². The maximum Gasteiger partial charge on any atom is 0.157 e. The molecule has 2 N–H and O–H groups in total. The molecule has 0 saturated carbocycles. The summed E-state index contributed by atoms with van der Waals surface area (Å²) < 4.78 is 12.5. The molecular formula is C13H17N3O2. The molecule has 0 aliphatic carbocycles.